The Kier molecular flexibility index (Phi) is 39.0. The highest BCUT2D eigenvalue weighted by atomic mass is 19.3. The molecule has 1 aromatic carbocycles. The van der Waals surface area contributed by atoms with Crippen LogP contribution >= 0.6 is 0 Å². The zero-order valence-electron chi connectivity index (χ0n) is 76.8. The number of rotatable bonds is 8. The Hall–Kier alpha value is -10.9. The summed E-state index contributed by atoms with van der Waals surface area (Å²) < 4.78 is 44.5. The van der Waals surface area contributed by atoms with Gasteiger partial charge in [-0.05, 0) is 109 Å². The fourth-order valence-corrected chi connectivity index (χ4v) is 10.5. The molecule has 0 aliphatic carbocycles. The minimum Gasteiger partial charge on any atom is -0.618 e. The SMILES string of the molecule is CC(C)(C)c1ccc(CO)cn1.CC(C)(C)c1cccc(-c2ccccc2)[n+]1[O-].CC(C)(C)c1cccc(=O)[nH]1.CC(C)(C)c1cccc(C(=O)N2CCC2)n1.CC(C)(C)c1cccc(OC(F)F)n1.COc1cc(C)cc(C(C)(C)C)n1.COc1cccnc1C(C)(C)C.COc1ccnc(C(C)(C)C)c1.[C-]#[N+]c1cccc(C(C)(C)C)n1. The Labute approximate surface area is 709 Å². The third kappa shape index (κ3) is 36.5. The maximum Gasteiger partial charge on any atom is 0.388 e. The number of methoxy groups -OCH3 is 3. The number of nitrogens with one attached hydrogen (secondary N) is 1. The highest BCUT2D eigenvalue weighted by Crippen LogP contribution is 2.31. The van der Waals surface area contributed by atoms with Crippen molar-refractivity contribution >= 4 is 11.7 Å². The number of alkyl halides is 2. The Balaban J connectivity index is 0.000000347. The van der Waals surface area contributed by atoms with Crippen LogP contribution in [-0.4, -0.2) is 96.8 Å². The molecule has 119 heavy (non-hydrogen) atoms. The number of H-pyrrole nitrogens is 1. The van der Waals surface area contributed by atoms with E-state index in [2.05, 4.69) is 208 Å². The van der Waals surface area contributed by atoms with Crippen molar-refractivity contribution in [2.75, 3.05) is 34.4 Å². The van der Waals surface area contributed by atoms with Crippen molar-refractivity contribution in [2.24, 2.45) is 0 Å². The summed E-state index contributed by atoms with van der Waals surface area (Å²) in [5.74, 6) is 2.94. The first kappa shape index (κ1) is 102. The van der Waals surface area contributed by atoms with Crippen molar-refractivity contribution < 1.29 is 42.4 Å². The molecule has 0 atom stereocenters. The van der Waals surface area contributed by atoms with Crippen molar-refractivity contribution in [3.63, 3.8) is 0 Å². The molecule has 19 nitrogen and oxygen atoms in total. The van der Waals surface area contributed by atoms with Gasteiger partial charge in [-0.3, -0.25) is 24.5 Å². The number of amides is 1. The molecule has 1 aliphatic heterocycles. The number of hydrogen-bond donors (Lipinski definition) is 2. The van der Waals surface area contributed by atoms with E-state index in [-0.39, 0.29) is 72.7 Å². The third-order valence-corrected chi connectivity index (χ3v) is 17.7. The molecule has 644 valence electrons. The lowest BCUT2D eigenvalue weighted by Crippen LogP contribution is -2.42. The van der Waals surface area contributed by atoms with E-state index in [0.717, 1.165) is 98.1 Å². The predicted molar refractivity (Wildman–Crippen MR) is 480 cm³/mol. The van der Waals surface area contributed by atoms with E-state index >= 15 is 0 Å². The van der Waals surface area contributed by atoms with Gasteiger partial charge in [0.1, 0.15) is 22.9 Å². The molecule has 0 radical (unpaired) electrons. The molecular weight excluding hydrogens is 1500 g/mol. The minimum atomic E-state index is -2.82. The number of hydrogen-bond acceptors (Lipinski definition) is 15. The summed E-state index contributed by atoms with van der Waals surface area (Å²) in [6.45, 7) is 64.2. The fraction of sp³-hybridized carbons (Fsp3) is 0.459. The molecule has 1 saturated heterocycles. The molecule has 21 heteroatoms. The van der Waals surface area contributed by atoms with Gasteiger partial charge < -0.3 is 44.0 Å². The highest BCUT2D eigenvalue weighted by molar-refractivity contribution is 5.92. The van der Waals surface area contributed by atoms with E-state index in [1.165, 1.54) is 17.7 Å². The second kappa shape index (κ2) is 45.4. The number of benzene rings is 1. The number of aromatic amines is 1. The summed E-state index contributed by atoms with van der Waals surface area (Å²) >= 11 is 0. The molecule has 0 bridgehead atoms. The van der Waals surface area contributed by atoms with Gasteiger partial charge in [0.25, 0.3) is 11.7 Å². The molecular formula is C98H135F2N11O8. The molecule has 10 aromatic rings. The van der Waals surface area contributed by atoms with E-state index < -0.39 is 6.61 Å². The van der Waals surface area contributed by atoms with Crippen molar-refractivity contribution in [1.82, 2.24) is 44.8 Å². The van der Waals surface area contributed by atoms with Crippen molar-refractivity contribution in [2.45, 2.75) is 262 Å². The molecule has 1 fully saturated rings. The Morgan fingerprint density at radius 3 is 1.50 bits per heavy atom. The molecule has 1 amide bonds. The Bertz CT molecular complexity index is 4830. The normalized spacial score (nSPS) is 12.0. The number of ether oxygens (including phenoxy) is 4. The lowest BCUT2D eigenvalue weighted by atomic mass is 9.91. The van der Waals surface area contributed by atoms with E-state index in [0.29, 0.717) is 23.1 Å². The largest absolute Gasteiger partial charge is 0.618 e. The van der Waals surface area contributed by atoms with Crippen LogP contribution in [0.1, 0.15) is 266 Å². The molecule has 10 heterocycles. The first-order chi connectivity index (χ1) is 55.0. The van der Waals surface area contributed by atoms with Crippen LogP contribution in [0.5, 0.6) is 23.3 Å². The first-order valence-electron chi connectivity index (χ1n) is 40.1. The van der Waals surface area contributed by atoms with Crippen molar-refractivity contribution in [1.29, 1.82) is 0 Å². The summed E-state index contributed by atoms with van der Waals surface area (Å²) in [6, 6.07) is 52.3. The predicted octanol–water partition coefficient (Wildman–Crippen LogP) is 22.4. The van der Waals surface area contributed by atoms with Gasteiger partial charge in [-0.2, -0.15) is 13.5 Å². The number of likely N-dealkylation sites (tertiary alicyclic amines) is 1. The van der Waals surface area contributed by atoms with E-state index in [1.54, 1.807) is 70.3 Å². The highest BCUT2D eigenvalue weighted by Gasteiger charge is 2.28. The standard InChI is InChI=1S/C15H17NO.C13H18N2O.C11H17NO.C10H13F2NO.C10H12N2.3C10H15NO.C9H13NO/c1-15(2,3)14-11-7-10-13(16(14)17)12-8-5-4-6-9-12;1-13(2,3)11-7-4-6-10(14-11)12(16)15-8-5-9-15;1-8-6-9(11(2,3)4)12-10(7-8)13-5;1-10(2,3)7-5-4-6-8(13-7)14-9(11)12;1-10(2,3)8-6-5-7-9(11-4)12-8;1-10(2,3)9-7-8(12-4)5-6-11-9;1-10(2,3)9-8(12-4)6-5-7-11-9;1-10(2,3)9-5-4-8(7-12)6-11-9;1-9(2,3)7-5-4-6-8(11)10-7/h4-11H,1-3H3;4,6-7H,5,8-9H2,1-3H3;6-7H,1-5H3;4-6,9H,1-3H3;5-7H,1-3H3;2*5-7H,1-4H3;4-6,12H,7H2,1-3H3;4-6H,1-3H3,(H,10,11). The summed E-state index contributed by atoms with van der Waals surface area (Å²) in [5.41, 5.74) is 12.9. The monoisotopic (exact) mass is 1630 g/mol. The second-order valence-corrected chi connectivity index (χ2v) is 37.8. The number of pyridine rings is 9. The van der Waals surface area contributed by atoms with Gasteiger partial charge in [-0.25, -0.2) is 15.0 Å². The van der Waals surface area contributed by atoms with E-state index in [4.69, 9.17) is 25.9 Å². The second-order valence-electron chi connectivity index (χ2n) is 37.8. The number of carbonyl (C=O) groups is 1. The topological polar surface area (TPSA) is 232 Å². The van der Waals surface area contributed by atoms with Crippen molar-refractivity contribution in [3.05, 3.63) is 283 Å². The van der Waals surface area contributed by atoms with Crippen LogP contribution in [0, 0.1) is 18.7 Å². The lowest BCUT2D eigenvalue weighted by Gasteiger charge is -2.30. The Morgan fingerprint density at radius 1 is 0.513 bits per heavy atom. The number of carbonyl (C=O) groups excluding carboxylic acids is 1. The fourth-order valence-electron chi connectivity index (χ4n) is 10.5. The lowest BCUT2D eigenvalue weighted by molar-refractivity contribution is -0.606. The molecule has 0 saturated carbocycles. The number of aryl methyl sites for hydroxylation is 1. The van der Waals surface area contributed by atoms with Crippen LogP contribution in [-0.2, 0) is 55.3 Å². The third-order valence-electron chi connectivity index (χ3n) is 17.7. The Morgan fingerprint density at radius 2 is 1.05 bits per heavy atom. The van der Waals surface area contributed by atoms with Crippen LogP contribution in [0.25, 0.3) is 16.1 Å². The van der Waals surface area contributed by atoms with Crippen LogP contribution < -0.4 is 29.2 Å². The van der Waals surface area contributed by atoms with Crippen LogP contribution in [0.4, 0.5) is 14.6 Å². The van der Waals surface area contributed by atoms with Gasteiger partial charge >= 0.3 is 6.61 Å². The zero-order valence-corrected chi connectivity index (χ0v) is 76.8. The van der Waals surface area contributed by atoms with Gasteiger partial charge in [-0.1, -0.05) is 242 Å². The maximum atomic E-state index is 12.3. The first-order valence-corrected chi connectivity index (χ1v) is 40.1. The summed E-state index contributed by atoms with van der Waals surface area (Å²) in [4.78, 5) is 60.7. The van der Waals surface area contributed by atoms with E-state index in [9.17, 15) is 23.6 Å². The number of halogens is 2. The number of aromatic nitrogens is 9. The molecule has 11 rings (SSSR count). The van der Waals surface area contributed by atoms with Crippen LogP contribution in [0.15, 0.2) is 193 Å². The van der Waals surface area contributed by atoms with Gasteiger partial charge in [0.2, 0.25) is 23.0 Å². The summed E-state index contributed by atoms with van der Waals surface area (Å²) in [5, 5.41) is 21.1. The molecule has 0 spiro atoms. The quantitative estimate of drug-likeness (QED) is 0.0818. The average molecular weight is 1630 g/mol. The average Bonchev–Trinajstić information content (AvgIpc) is 0.801. The number of aliphatic hydroxyl groups is 1. The van der Waals surface area contributed by atoms with Crippen molar-refractivity contribution in [3.8, 4) is 34.5 Å². The summed E-state index contributed by atoms with van der Waals surface area (Å²) in [7, 11) is 4.99. The molecule has 0 unspecified atom stereocenters. The minimum absolute atomic E-state index is 0.00869. The smallest absolute Gasteiger partial charge is 0.388 e. The van der Waals surface area contributed by atoms with Crippen LogP contribution in [0.3, 0.4) is 0 Å². The van der Waals surface area contributed by atoms with Gasteiger partial charge in [0.15, 0.2) is 5.69 Å². The van der Waals surface area contributed by atoms with Crippen LogP contribution in [0.2, 0.25) is 0 Å². The number of aliphatic hydroxyl groups excluding tert-OH is 1. The van der Waals surface area contributed by atoms with Gasteiger partial charge in [0, 0.05) is 151 Å². The van der Waals surface area contributed by atoms with Gasteiger partial charge in [0.05, 0.1) is 39.3 Å². The number of nitrogens with zero attached hydrogens (tertiary/aromatic N) is 10. The van der Waals surface area contributed by atoms with Gasteiger partial charge in [-0.15, -0.1) is 4.98 Å². The molecule has 1 aliphatic rings. The molecule has 9 aromatic heterocycles. The maximum absolute atomic E-state index is 12.3. The molecule has 2 N–H and O–H groups in total. The van der Waals surface area contributed by atoms with E-state index in [1.807, 2.05) is 168 Å². The summed E-state index contributed by atoms with van der Waals surface area (Å²) in [6.07, 6.45) is 6.41. The zero-order chi connectivity index (χ0) is 90.3.